The Labute approximate surface area is 102 Å². The molecule has 2 N–H and O–H groups in total. The van der Waals surface area contributed by atoms with Gasteiger partial charge in [-0.25, -0.2) is 4.79 Å². The number of aliphatic carboxylic acids is 1. The predicted molar refractivity (Wildman–Crippen MR) is 63.6 cm³/mol. The summed E-state index contributed by atoms with van der Waals surface area (Å²) in [5, 5.41) is 11.7. The minimum atomic E-state index is -0.915. The largest absolute Gasteiger partial charge is 0.480 e. The van der Waals surface area contributed by atoms with Crippen molar-refractivity contribution < 1.29 is 14.7 Å². The molecule has 0 aromatic carbocycles. The molecule has 0 radical (unpaired) electrons. The highest BCUT2D eigenvalue weighted by Gasteiger charge is 2.51. The molecule has 0 heterocycles. The first-order chi connectivity index (χ1) is 8.12. The van der Waals surface area contributed by atoms with Crippen LogP contribution >= 0.6 is 0 Å². The van der Waals surface area contributed by atoms with Gasteiger partial charge in [0.15, 0.2) is 0 Å². The number of hydrogen-bond acceptors (Lipinski definition) is 2. The van der Waals surface area contributed by atoms with E-state index in [9.17, 15) is 9.59 Å². The van der Waals surface area contributed by atoms with E-state index in [0.29, 0.717) is 25.2 Å². The van der Waals surface area contributed by atoms with Crippen molar-refractivity contribution in [3.63, 3.8) is 0 Å². The van der Waals surface area contributed by atoms with Crippen LogP contribution in [0, 0.1) is 5.92 Å². The summed E-state index contributed by atoms with van der Waals surface area (Å²) in [4.78, 5) is 22.8. The second kappa shape index (κ2) is 5.07. The zero-order chi connectivity index (χ0) is 12.3. The fraction of sp³-hybridized carbons (Fsp3) is 0.846. The number of rotatable bonds is 4. The van der Waals surface area contributed by atoms with Gasteiger partial charge in [-0.05, 0) is 31.6 Å². The molecule has 0 aromatic heterocycles. The van der Waals surface area contributed by atoms with E-state index in [1.165, 1.54) is 25.7 Å². The van der Waals surface area contributed by atoms with Gasteiger partial charge < -0.3 is 10.4 Å². The number of nitrogens with one attached hydrogen (secondary N) is 1. The lowest BCUT2D eigenvalue weighted by atomic mass is 9.96. The Balaban J connectivity index is 1.78. The Bertz CT molecular complexity index is 302. The SMILES string of the molecule is O=C(CC1CCCCCC1)NC1(C(=O)O)CC1. The summed E-state index contributed by atoms with van der Waals surface area (Å²) in [5.74, 6) is -0.495. The van der Waals surface area contributed by atoms with Gasteiger partial charge in [0.1, 0.15) is 5.54 Å². The van der Waals surface area contributed by atoms with Crippen LogP contribution in [0.4, 0.5) is 0 Å². The maximum atomic E-state index is 11.8. The van der Waals surface area contributed by atoms with Crippen LogP contribution in [0.2, 0.25) is 0 Å². The average molecular weight is 239 g/mol. The van der Waals surface area contributed by atoms with E-state index in [-0.39, 0.29) is 5.91 Å². The Hall–Kier alpha value is -1.06. The highest BCUT2D eigenvalue weighted by Crippen LogP contribution is 2.36. The van der Waals surface area contributed by atoms with Gasteiger partial charge in [-0.2, -0.15) is 0 Å². The number of carbonyl (C=O) groups is 2. The first-order valence-electron chi connectivity index (χ1n) is 6.67. The summed E-state index contributed by atoms with van der Waals surface area (Å²) >= 11 is 0. The second-order valence-electron chi connectivity index (χ2n) is 5.50. The van der Waals surface area contributed by atoms with Crippen LogP contribution in [0.15, 0.2) is 0 Å². The van der Waals surface area contributed by atoms with E-state index in [4.69, 9.17) is 5.11 Å². The third-order valence-corrected chi connectivity index (χ3v) is 3.99. The molecule has 0 unspecified atom stereocenters. The van der Waals surface area contributed by atoms with Crippen LogP contribution in [-0.4, -0.2) is 22.5 Å². The van der Waals surface area contributed by atoms with Gasteiger partial charge in [-0.1, -0.05) is 25.7 Å². The molecular formula is C13H21NO3. The number of hydrogen-bond donors (Lipinski definition) is 2. The molecule has 2 fully saturated rings. The summed E-state index contributed by atoms with van der Waals surface area (Å²) in [7, 11) is 0. The molecule has 0 aliphatic heterocycles. The van der Waals surface area contributed by atoms with Gasteiger partial charge in [0, 0.05) is 6.42 Å². The molecule has 2 saturated carbocycles. The van der Waals surface area contributed by atoms with Crippen LogP contribution < -0.4 is 5.32 Å². The Morgan fingerprint density at radius 3 is 2.18 bits per heavy atom. The monoisotopic (exact) mass is 239 g/mol. The number of carboxylic acids is 1. The molecule has 17 heavy (non-hydrogen) atoms. The third kappa shape index (κ3) is 3.20. The van der Waals surface area contributed by atoms with E-state index in [1.807, 2.05) is 0 Å². The van der Waals surface area contributed by atoms with Crippen LogP contribution in [0.25, 0.3) is 0 Å². The number of amides is 1. The van der Waals surface area contributed by atoms with E-state index in [2.05, 4.69) is 5.32 Å². The summed E-state index contributed by atoms with van der Waals surface area (Å²) < 4.78 is 0. The van der Waals surface area contributed by atoms with Crippen LogP contribution in [0.1, 0.15) is 57.8 Å². The van der Waals surface area contributed by atoms with Crippen molar-refractivity contribution in [2.45, 2.75) is 63.3 Å². The Kier molecular flexibility index (Phi) is 3.69. The summed E-state index contributed by atoms with van der Waals surface area (Å²) in [6, 6.07) is 0. The molecule has 0 saturated heterocycles. The lowest BCUT2D eigenvalue weighted by Gasteiger charge is -2.16. The van der Waals surface area contributed by atoms with Crippen molar-refractivity contribution in [2.75, 3.05) is 0 Å². The van der Waals surface area contributed by atoms with E-state index < -0.39 is 11.5 Å². The minimum absolute atomic E-state index is 0.0724. The first kappa shape index (κ1) is 12.4. The van der Waals surface area contributed by atoms with E-state index in [1.54, 1.807) is 0 Å². The topological polar surface area (TPSA) is 66.4 Å². The maximum absolute atomic E-state index is 11.8. The molecule has 0 atom stereocenters. The summed E-state index contributed by atoms with van der Waals surface area (Å²) in [6.45, 7) is 0. The van der Waals surface area contributed by atoms with Gasteiger partial charge in [0.2, 0.25) is 5.91 Å². The standard InChI is InChI=1S/C13H21NO3/c15-11(14-13(7-8-13)12(16)17)9-10-5-3-1-2-4-6-10/h10H,1-9H2,(H,14,15)(H,16,17). The van der Waals surface area contributed by atoms with Crippen LogP contribution in [-0.2, 0) is 9.59 Å². The van der Waals surface area contributed by atoms with E-state index in [0.717, 1.165) is 12.8 Å². The Morgan fingerprint density at radius 2 is 1.71 bits per heavy atom. The lowest BCUT2D eigenvalue weighted by molar-refractivity contribution is -0.143. The second-order valence-corrected chi connectivity index (χ2v) is 5.50. The van der Waals surface area contributed by atoms with Gasteiger partial charge in [0.25, 0.3) is 0 Å². The molecule has 96 valence electrons. The normalized spacial score (nSPS) is 23.8. The molecule has 2 rings (SSSR count). The molecule has 0 bridgehead atoms. The average Bonchev–Trinajstić information content (AvgIpc) is 3.04. The fourth-order valence-corrected chi connectivity index (χ4v) is 2.67. The Morgan fingerprint density at radius 1 is 1.12 bits per heavy atom. The lowest BCUT2D eigenvalue weighted by Crippen LogP contribution is -2.43. The first-order valence-corrected chi connectivity index (χ1v) is 6.67. The molecule has 4 nitrogen and oxygen atoms in total. The zero-order valence-corrected chi connectivity index (χ0v) is 10.2. The third-order valence-electron chi connectivity index (χ3n) is 3.99. The van der Waals surface area contributed by atoms with Crippen LogP contribution in [0.5, 0.6) is 0 Å². The summed E-state index contributed by atoms with van der Waals surface area (Å²) in [6.07, 6.45) is 8.88. The van der Waals surface area contributed by atoms with Crippen molar-refractivity contribution >= 4 is 11.9 Å². The van der Waals surface area contributed by atoms with Crippen molar-refractivity contribution in [3.05, 3.63) is 0 Å². The molecule has 4 heteroatoms. The van der Waals surface area contributed by atoms with Crippen molar-refractivity contribution in [1.82, 2.24) is 5.32 Å². The molecule has 0 aromatic rings. The molecule has 1 amide bonds. The smallest absolute Gasteiger partial charge is 0.329 e. The molecule has 2 aliphatic carbocycles. The quantitative estimate of drug-likeness (QED) is 0.738. The number of carbonyl (C=O) groups excluding carboxylic acids is 1. The highest BCUT2D eigenvalue weighted by molar-refractivity contribution is 5.89. The number of carboxylic acid groups (broad SMARTS) is 1. The van der Waals surface area contributed by atoms with Crippen LogP contribution in [0.3, 0.4) is 0 Å². The van der Waals surface area contributed by atoms with Gasteiger partial charge in [-0.15, -0.1) is 0 Å². The van der Waals surface area contributed by atoms with Crippen molar-refractivity contribution in [1.29, 1.82) is 0 Å². The zero-order valence-electron chi connectivity index (χ0n) is 10.2. The molecule has 2 aliphatic rings. The van der Waals surface area contributed by atoms with E-state index >= 15 is 0 Å². The summed E-state index contributed by atoms with van der Waals surface area (Å²) in [5.41, 5.74) is -0.915. The maximum Gasteiger partial charge on any atom is 0.329 e. The molecule has 0 spiro atoms. The fourth-order valence-electron chi connectivity index (χ4n) is 2.67. The predicted octanol–water partition coefficient (Wildman–Crippen LogP) is 2.08. The van der Waals surface area contributed by atoms with Crippen molar-refractivity contribution in [3.8, 4) is 0 Å². The van der Waals surface area contributed by atoms with Gasteiger partial charge in [-0.3, -0.25) is 4.79 Å². The van der Waals surface area contributed by atoms with Crippen molar-refractivity contribution in [2.24, 2.45) is 5.92 Å². The minimum Gasteiger partial charge on any atom is -0.480 e. The molecular weight excluding hydrogens is 218 g/mol. The van der Waals surface area contributed by atoms with Gasteiger partial charge in [0.05, 0.1) is 0 Å². The van der Waals surface area contributed by atoms with Gasteiger partial charge >= 0.3 is 5.97 Å². The highest BCUT2D eigenvalue weighted by atomic mass is 16.4.